The summed E-state index contributed by atoms with van der Waals surface area (Å²) in [5.41, 5.74) is 4.46. The van der Waals surface area contributed by atoms with Crippen LogP contribution < -0.4 is 4.74 Å². The molecular weight excluding hydrogens is 212 g/mol. The first kappa shape index (κ1) is 11.6. The summed E-state index contributed by atoms with van der Waals surface area (Å²) in [4.78, 5) is 8.61. The Morgan fingerprint density at radius 2 is 2.00 bits per heavy atom. The molecule has 2 aromatic rings. The zero-order valence-corrected chi connectivity index (χ0v) is 10.4. The minimum Gasteiger partial charge on any atom is -0.477 e. The van der Waals surface area contributed by atoms with E-state index in [-0.39, 0.29) is 0 Å². The molecule has 0 radical (unpaired) electrons. The molecule has 0 saturated heterocycles. The normalized spacial score (nSPS) is 10.3. The highest BCUT2D eigenvalue weighted by Crippen LogP contribution is 2.24. The van der Waals surface area contributed by atoms with E-state index in [0.29, 0.717) is 12.5 Å². The topological polar surface area (TPSA) is 35.0 Å². The average molecular weight is 228 g/mol. The second kappa shape index (κ2) is 4.95. The maximum atomic E-state index is 5.36. The monoisotopic (exact) mass is 228 g/mol. The summed E-state index contributed by atoms with van der Waals surface area (Å²) in [7, 11) is 0. The lowest BCUT2D eigenvalue weighted by Crippen LogP contribution is -1.97. The Morgan fingerprint density at radius 3 is 2.76 bits per heavy atom. The molecule has 1 heterocycles. The van der Waals surface area contributed by atoms with Crippen molar-refractivity contribution in [1.82, 2.24) is 9.97 Å². The van der Waals surface area contributed by atoms with E-state index >= 15 is 0 Å². The minimum absolute atomic E-state index is 0.575. The minimum atomic E-state index is 0.575. The van der Waals surface area contributed by atoms with E-state index in [1.54, 1.807) is 12.4 Å². The molecule has 0 aliphatic carbocycles. The van der Waals surface area contributed by atoms with Crippen LogP contribution >= 0.6 is 0 Å². The Morgan fingerprint density at radius 1 is 1.18 bits per heavy atom. The van der Waals surface area contributed by atoms with E-state index in [4.69, 9.17) is 4.74 Å². The van der Waals surface area contributed by atoms with Gasteiger partial charge in [-0.15, -0.1) is 0 Å². The lowest BCUT2D eigenvalue weighted by atomic mass is 10.0. The van der Waals surface area contributed by atoms with Crippen LogP contribution in [-0.4, -0.2) is 16.6 Å². The van der Waals surface area contributed by atoms with Crippen molar-refractivity contribution in [3.8, 4) is 17.1 Å². The van der Waals surface area contributed by atoms with E-state index in [2.05, 4.69) is 35.9 Å². The molecule has 0 fully saturated rings. The van der Waals surface area contributed by atoms with Crippen LogP contribution in [0.1, 0.15) is 18.1 Å². The fourth-order valence-electron chi connectivity index (χ4n) is 1.72. The molecule has 0 bridgehead atoms. The van der Waals surface area contributed by atoms with Gasteiger partial charge in [-0.25, -0.2) is 4.98 Å². The number of aromatic nitrogens is 2. The molecule has 3 nitrogen and oxygen atoms in total. The second-order valence-corrected chi connectivity index (χ2v) is 3.92. The fourth-order valence-corrected chi connectivity index (χ4v) is 1.72. The molecule has 88 valence electrons. The summed E-state index contributed by atoms with van der Waals surface area (Å²) in [6.45, 7) is 6.73. The van der Waals surface area contributed by atoms with Gasteiger partial charge in [0.05, 0.1) is 24.7 Å². The van der Waals surface area contributed by atoms with Gasteiger partial charge >= 0.3 is 0 Å². The summed E-state index contributed by atoms with van der Waals surface area (Å²) >= 11 is 0. The van der Waals surface area contributed by atoms with Crippen molar-refractivity contribution in [3.05, 3.63) is 41.7 Å². The highest BCUT2D eigenvalue weighted by atomic mass is 16.5. The van der Waals surface area contributed by atoms with Gasteiger partial charge in [-0.3, -0.25) is 4.98 Å². The zero-order valence-electron chi connectivity index (χ0n) is 10.4. The van der Waals surface area contributed by atoms with E-state index in [1.807, 2.05) is 13.0 Å². The average Bonchev–Trinajstić information content (AvgIpc) is 2.33. The van der Waals surface area contributed by atoms with Crippen LogP contribution in [0.3, 0.4) is 0 Å². The Labute approximate surface area is 102 Å². The van der Waals surface area contributed by atoms with Crippen molar-refractivity contribution in [1.29, 1.82) is 0 Å². The van der Waals surface area contributed by atoms with Gasteiger partial charge < -0.3 is 4.74 Å². The maximum absolute atomic E-state index is 5.36. The van der Waals surface area contributed by atoms with Crippen molar-refractivity contribution in [2.45, 2.75) is 20.8 Å². The third-order valence-electron chi connectivity index (χ3n) is 2.79. The van der Waals surface area contributed by atoms with Crippen LogP contribution in [0, 0.1) is 13.8 Å². The zero-order chi connectivity index (χ0) is 12.3. The van der Waals surface area contributed by atoms with Gasteiger partial charge in [0.15, 0.2) is 0 Å². The highest BCUT2D eigenvalue weighted by Gasteiger charge is 2.06. The molecule has 0 atom stereocenters. The molecule has 1 aromatic carbocycles. The van der Waals surface area contributed by atoms with Crippen LogP contribution in [0.4, 0.5) is 0 Å². The largest absolute Gasteiger partial charge is 0.477 e. The molecule has 0 unspecified atom stereocenters. The van der Waals surface area contributed by atoms with Crippen molar-refractivity contribution in [2.75, 3.05) is 6.61 Å². The van der Waals surface area contributed by atoms with Crippen LogP contribution in [0.5, 0.6) is 5.88 Å². The molecule has 2 rings (SSSR count). The molecule has 17 heavy (non-hydrogen) atoms. The summed E-state index contributed by atoms with van der Waals surface area (Å²) in [5, 5.41) is 0. The second-order valence-electron chi connectivity index (χ2n) is 3.92. The van der Waals surface area contributed by atoms with E-state index in [0.717, 1.165) is 11.3 Å². The van der Waals surface area contributed by atoms with E-state index in [1.165, 1.54) is 11.1 Å². The maximum Gasteiger partial charge on any atom is 0.232 e. The lowest BCUT2D eigenvalue weighted by molar-refractivity contribution is 0.325. The van der Waals surface area contributed by atoms with Crippen molar-refractivity contribution < 1.29 is 4.74 Å². The molecule has 1 aromatic heterocycles. The molecule has 0 spiro atoms. The SMILES string of the molecule is CCOc1cncc(-c2cccc(C)c2C)n1. The van der Waals surface area contributed by atoms with E-state index in [9.17, 15) is 0 Å². The molecule has 0 amide bonds. The lowest BCUT2D eigenvalue weighted by Gasteiger charge is -2.08. The molecular formula is C14H16N2O. The first-order valence-electron chi connectivity index (χ1n) is 5.73. The van der Waals surface area contributed by atoms with Gasteiger partial charge in [0, 0.05) is 5.56 Å². The third kappa shape index (κ3) is 2.44. The van der Waals surface area contributed by atoms with Gasteiger partial charge in [-0.1, -0.05) is 18.2 Å². The molecule has 0 saturated carbocycles. The highest BCUT2D eigenvalue weighted by molar-refractivity contribution is 5.64. The summed E-state index contributed by atoms with van der Waals surface area (Å²) in [6.07, 6.45) is 3.41. The number of nitrogens with zero attached hydrogens (tertiary/aromatic N) is 2. The third-order valence-corrected chi connectivity index (χ3v) is 2.79. The van der Waals surface area contributed by atoms with Gasteiger partial charge in [0.2, 0.25) is 5.88 Å². The van der Waals surface area contributed by atoms with Gasteiger partial charge in [0.1, 0.15) is 0 Å². The number of ether oxygens (including phenoxy) is 1. The van der Waals surface area contributed by atoms with Gasteiger partial charge in [-0.05, 0) is 31.9 Å². The predicted molar refractivity (Wildman–Crippen MR) is 68.1 cm³/mol. The number of aryl methyl sites for hydroxylation is 1. The Bertz CT molecular complexity index is 523. The number of benzene rings is 1. The smallest absolute Gasteiger partial charge is 0.232 e. The predicted octanol–water partition coefficient (Wildman–Crippen LogP) is 3.16. The first-order chi connectivity index (χ1) is 8.22. The molecule has 0 aliphatic heterocycles. The van der Waals surface area contributed by atoms with Crippen LogP contribution in [0.2, 0.25) is 0 Å². The van der Waals surface area contributed by atoms with Crippen LogP contribution in [0.25, 0.3) is 11.3 Å². The fraction of sp³-hybridized carbons (Fsp3) is 0.286. The molecule has 0 aliphatic rings. The van der Waals surface area contributed by atoms with E-state index < -0.39 is 0 Å². The van der Waals surface area contributed by atoms with Gasteiger partial charge in [-0.2, -0.15) is 0 Å². The summed E-state index contributed by atoms with van der Waals surface area (Å²) < 4.78 is 5.36. The quantitative estimate of drug-likeness (QED) is 0.809. The number of hydrogen-bond donors (Lipinski definition) is 0. The van der Waals surface area contributed by atoms with Crippen molar-refractivity contribution in [3.63, 3.8) is 0 Å². The Kier molecular flexibility index (Phi) is 3.38. The Hall–Kier alpha value is -1.90. The van der Waals surface area contributed by atoms with Gasteiger partial charge in [0.25, 0.3) is 0 Å². The first-order valence-corrected chi connectivity index (χ1v) is 5.73. The Balaban J connectivity index is 2.45. The van der Waals surface area contributed by atoms with Crippen LogP contribution in [0.15, 0.2) is 30.6 Å². The summed E-state index contributed by atoms with van der Waals surface area (Å²) in [6, 6.07) is 6.19. The standard InChI is InChI=1S/C14H16N2O/c1-4-17-14-9-15-8-13(16-14)12-7-5-6-10(2)11(12)3/h5-9H,4H2,1-3H3. The van der Waals surface area contributed by atoms with Crippen LogP contribution in [-0.2, 0) is 0 Å². The molecule has 0 N–H and O–H groups in total. The summed E-state index contributed by atoms with van der Waals surface area (Å²) in [5.74, 6) is 0.575. The van der Waals surface area contributed by atoms with Crippen molar-refractivity contribution >= 4 is 0 Å². The van der Waals surface area contributed by atoms with Crippen molar-refractivity contribution in [2.24, 2.45) is 0 Å². The number of rotatable bonds is 3. The number of hydrogen-bond acceptors (Lipinski definition) is 3. The molecule has 3 heteroatoms.